The summed E-state index contributed by atoms with van der Waals surface area (Å²) in [5.41, 5.74) is -1.62. The summed E-state index contributed by atoms with van der Waals surface area (Å²) in [7, 11) is 0. The maximum atomic E-state index is 14.3. The van der Waals surface area contributed by atoms with Crippen molar-refractivity contribution in [2.75, 3.05) is 19.6 Å². The lowest BCUT2D eigenvalue weighted by Crippen LogP contribution is -2.58. The van der Waals surface area contributed by atoms with Gasteiger partial charge in [-0.25, -0.2) is 14.4 Å². The van der Waals surface area contributed by atoms with Gasteiger partial charge >= 0.3 is 24.1 Å². The van der Waals surface area contributed by atoms with Crippen molar-refractivity contribution >= 4 is 35.9 Å². The first-order valence-corrected chi connectivity index (χ1v) is 17.0. The van der Waals surface area contributed by atoms with Crippen LogP contribution in [0.4, 0.5) is 9.59 Å². The summed E-state index contributed by atoms with van der Waals surface area (Å²) in [4.78, 5) is 79.0. The smallest absolute Gasteiger partial charge is 0.411 e. The van der Waals surface area contributed by atoms with Crippen molar-refractivity contribution < 1.29 is 53.6 Å². The van der Waals surface area contributed by atoms with Crippen molar-refractivity contribution in [2.24, 2.45) is 5.92 Å². The van der Waals surface area contributed by atoms with E-state index in [9.17, 15) is 44.1 Å². The van der Waals surface area contributed by atoms with Gasteiger partial charge in [-0.2, -0.15) is 0 Å². The number of carboxylic acid groups (broad SMARTS) is 2. The Morgan fingerprint density at radius 3 is 2.06 bits per heavy atom. The number of amides is 4. The molecule has 2 rings (SSSR count). The average molecular weight is 685 g/mol. The number of nitrogens with zero attached hydrogens (tertiary/aromatic N) is 2. The molecule has 0 spiro atoms. The largest absolute Gasteiger partial charge is 0.480 e. The molecule has 0 aromatic rings. The van der Waals surface area contributed by atoms with E-state index in [2.05, 4.69) is 10.6 Å². The van der Waals surface area contributed by atoms with Crippen molar-refractivity contribution in [2.45, 2.75) is 148 Å². The van der Waals surface area contributed by atoms with Gasteiger partial charge in [0.1, 0.15) is 29.8 Å². The Kier molecular flexibility index (Phi) is 15.4. The fraction of sp³-hybridized carbons (Fsp3) is 0.818. The number of alkyl carbamates (subject to hydrolysis) is 1. The number of hydrogen-bond acceptors (Lipinski definition) is 9. The SMILES string of the molecule is CC(C)(C)OC(=O)NCCCC[C@H](NC(=O)[C@@H]1CCCN1C(=O)[C@@H](CC1CCCCC1)N(CC(=O)O)C(=O)OC(C)(C)C)C(O)C(=O)O. The molecule has 15 heteroatoms. The van der Waals surface area contributed by atoms with Crippen LogP contribution >= 0.6 is 0 Å². The van der Waals surface area contributed by atoms with Gasteiger partial charge in [0.05, 0.1) is 6.04 Å². The fourth-order valence-corrected chi connectivity index (χ4v) is 6.12. The minimum atomic E-state index is -1.92. The third-order valence-electron chi connectivity index (χ3n) is 8.29. The quantitative estimate of drug-likeness (QED) is 0.158. The van der Waals surface area contributed by atoms with E-state index in [-0.39, 0.29) is 38.3 Å². The number of aliphatic hydroxyl groups excluding tert-OH is 1. The number of nitrogens with one attached hydrogen (secondary N) is 2. The summed E-state index contributed by atoms with van der Waals surface area (Å²) < 4.78 is 10.7. The minimum absolute atomic E-state index is 0.0706. The molecule has 0 aromatic heterocycles. The summed E-state index contributed by atoms with van der Waals surface area (Å²) in [6, 6.07) is -3.39. The molecule has 5 N–H and O–H groups in total. The number of rotatable bonds is 15. The third-order valence-corrected chi connectivity index (χ3v) is 8.29. The van der Waals surface area contributed by atoms with Crippen LogP contribution < -0.4 is 10.6 Å². The highest BCUT2D eigenvalue weighted by atomic mass is 16.6. The van der Waals surface area contributed by atoms with E-state index in [1.807, 2.05) is 0 Å². The van der Waals surface area contributed by atoms with Gasteiger partial charge < -0.3 is 40.3 Å². The van der Waals surface area contributed by atoms with Crippen LogP contribution in [0.2, 0.25) is 0 Å². The molecule has 2 fully saturated rings. The van der Waals surface area contributed by atoms with E-state index in [1.165, 1.54) is 4.90 Å². The summed E-state index contributed by atoms with van der Waals surface area (Å²) >= 11 is 0. The second kappa shape index (κ2) is 18.2. The molecule has 1 saturated heterocycles. The Hall–Kier alpha value is -3.62. The maximum Gasteiger partial charge on any atom is 0.411 e. The Morgan fingerprint density at radius 1 is 0.875 bits per heavy atom. The van der Waals surface area contributed by atoms with Gasteiger partial charge in [0, 0.05) is 13.1 Å². The Morgan fingerprint density at radius 2 is 1.50 bits per heavy atom. The van der Waals surface area contributed by atoms with E-state index in [1.54, 1.807) is 41.5 Å². The van der Waals surface area contributed by atoms with Crippen molar-refractivity contribution in [3.63, 3.8) is 0 Å². The van der Waals surface area contributed by atoms with E-state index >= 15 is 0 Å². The standard InChI is InChI=1S/C33H56N4O11/c1-32(2,3)47-30(45)34-17-11-10-15-22(26(40)29(43)44)35-27(41)23-16-12-18-36(23)28(42)24(19-21-13-8-7-9-14-21)37(20-25(38)39)31(46)48-33(4,5)6/h21-24,26,40H,7-20H2,1-6H3,(H,34,45)(H,35,41)(H,38,39)(H,43,44)/t22-,23-,24+,26?/m0/s1. The molecule has 48 heavy (non-hydrogen) atoms. The zero-order valence-electron chi connectivity index (χ0n) is 29.3. The van der Waals surface area contributed by atoms with Crippen LogP contribution in [-0.4, -0.2) is 116 Å². The lowest BCUT2D eigenvalue weighted by atomic mass is 9.84. The highest BCUT2D eigenvalue weighted by Crippen LogP contribution is 2.31. The van der Waals surface area contributed by atoms with Crippen LogP contribution in [0.1, 0.15) is 112 Å². The molecular weight excluding hydrogens is 628 g/mol. The molecule has 0 aromatic carbocycles. The van der Waals surface area contributed by atoms with E-state index in [0.29, 0.717) is 19.3 Å². The fourth-order valence-electron chi connectivity index (χ4n) is 6.12. The molecule has 15 nitrogen and oxygen atoms in total. The number of unbranched alkanes of at least 4 members (excludes halogenated alkanes) is 1. The number of likely N-dealkylation sites (tertiary alicyclic amines) is 1. The number of aliphatic hydroxyl groups is 1. The molecule has 274 valence electrons. The number of ether oxygens (including phenoxy) is 2. The number of carbonyl (C=O) groups is 6. The van der Waals surface area contributed by atoms with Gasteiger partial charge in [-0.15, -0.1) is 0 Å². The molecule has 0 bridgehead atoms. The number of carbonyl (C=O) groups excluding carboxylic acids is 4. The summed E-state index contributed by atoms with van der Waals surface area (Å²) in [6.07, 6.45) is 2.92. The third kappa shape index (κ3) is 13.9. The Labute approximate surface area is 283 Å². The van der Waals surface area contributed by atoms with Gasteiger partial charge in [0.15, 0.2) is 6.10 Å². The summed E-state index contributed by atoms with van der Waals surface area (Å²) in [6.45, 7) is 9.76. The number of carboxylic acids is 2. The van der Waals surface area contributed by atoms with Gasteiger partial charge in [0.2, 0.25) is 11.8 Å². The first kappa shape index (κ1) is 40.6. The molecule has 4 amide bonds. The van der Waals surface area contributed by atoms with Crippen LogP contribution in [0.25, 0.3) is 0 Å². The summed E-state index contributed by atoms with van der Waals surface area (Å²) in [5, 5.41) is 34.8. The Bertz CT molecular complexity index is 1130. The predicted molar refractivity (Wildman–Crippen MR) is 174 cm³/mol. The highest BCUT2D eigenvalue weighted by molar-refractivity contribution is 5.93. The number of hydrogen-bond donors (Lipinski definition) is 5. The zero-order chi connectivity index (χ0) is 36.2. The monoisotopic (exact) mass is 684 g/mol. The highest BCUT2D eigenvalue weighted by Gasteiger charge is 2.43. The zero-order valence-corrected chi connectivity index (χ0v) is 29.3. The van der Waals surface area contributed by atoms with Gasteiger partial charge in [-0.05, 0) is 86.0 Å². The molecule has 4 atom stereocenters. The van der Waals surface area contributed by atoms with Crippen molar-refractivity contribution in [3.05, 3.63) is 0 Å². The Balaban J connectivity index is 2.22. The van der Waals surface area contributed by atoms with E-state index < -0.39 is 77.9 Å². The second-order valence-electron chi connectivity index (χ2n) is 14.8. The van der Waals surface area contributed by atoms with Crippen molar-refractivity contribution in [1.29, 1.82) is 0 Å². The first-order chi connectivity index (χ1) is 22.3. The predicted octanol–water partition coefficient (Wildman–Crippen LogP) is 3.26. The minimum Gasteiger partial charge on any atom is -0.480 e. The average Bonchev–Trinajstić information content (AvgIpc) is 3.46. The van der Waals surface area contributed by atoms with Gasteiger partial charge in [-0.1, -0.05) is 32.1 Å². The van der Waals surface area contributed by atoms with Crippen LogP contribution in [-0.2, 0) is 28.7 Å². The van der Waals surface area contributed by atoms with Crippen LogP contribution in [0.5, 0.6) is 0 Å². The van der Waals surface area contributed by atoms with Gasteiger partial charge in [0.25, 0.3) is 0 Å². The molecule has 1 aliphatic carbocycles. The second-order valence-corrected chi connectivity index (χ2v) is 14.8. The lowest BCUT2D eigenvalue weighted by molar-refractivity contribution is -0.150. The lowest BCUT2D eigenvalue weighted by Gasteiger charge is -2.37. The molecule has 2 aliphatic rings. The topological polar surface area (TPSA) is 212 Å². The van der Waals surface area contributed by atoms with Crippen molar-refractivity contribution in [1.82, 2.24) is 20.4 Å². The normalized spacial score (nSPS) is 19.1. The first-order valence-electron chi connectivity index (χ1n) is 17.0. The molecule has 0 radical (unpaired) electrons. The van der Waals surface area contributed by atoms with Crippen LogP contribution in [0, 0.1) is 5.92 Å². The van der Waals surface area contributed by atoms with Gasteiger partial charge in [-0.3, -0.25) is 19.3 Å². The van der Waals surface area contributed by atoms with Crippen molar-refractivity contribution in [3.8, 4) is 0 Å². The maximum absolute atomic E-state index is 14.3. The molecule has 1 heterocycles. The summed E-state index contributed by atoms with van der Waals surface area (Å²) in [5.74, 6) is -4.00. The van der Waals surface area contributed by atoms with E-state index in [0.717, 1.165) is 37.0 Å². The number of aliphatic carboxylic acids is 2. The van der Waals surface area contributed by atoms with Crippen LogP contribution in [0.15, 0.2) is 0 Å². The van der Waals surface area contributed by atoms with Crippen LogP contribution in [0.3, 0.4) is 0 Å². The molecule has 1 unspecified atom stereocenters. The molecular formula is C33H56N4O11. The van der Waals surface area contributed by atoms with E-state index in [4.69, 9.17) is 9.47 Å². The molecule has 1 aliphatic heterocycles. The molecule has 1 saturated carbocycles.